The Labute approximate surface area is 164 Å². The van der Waals surface area contributed by atoms with E-state index in [-0.39, 0.29) is 5.91 Å². The van der Waals surface area contributed by atoms with E-state index in [2.05, 4.69) is 29.5 Å². The largest absolute Gasteiger partial charge is 0.282 e. The number of hydrogen-bond donors (Lipinski definition) is 0. The first kappa shape index (κ1) is 19.9. The molecule has 134 valence electrons. The van der Waals surface area contributed by atoms with Crippen LogP contribution in [-0.2, 0) is 4.84 Å². The van der Waals surface area contributed by atoms with Gasteiger partial charge in [0.1, 0.15) is 0 Å². The Morgan fingerprint density at radius 2 is 1.56 bits per heavy atom. The third-order valence-corrected chi connectivity index (χ3v) is 4.70. The van der Waals surface area contributed by atoms with Crippen molar-refractivity contribution >= 4 is 34.2 Å². The lowest BCUT2D eigenvalue weighted by Gasteiger charge is -2.22. The average Bonchev–Trinajstić information content (AvgIpc) is 2.65. The standard InChI is InChI=1S/C21H26INO2/c1-2-3-4-5-6-10-17-25-23(20-15-13-19(22)14-16-20)21(24)18-11-8-7-9-12-18/h7-9,11-16H,2-6,10,17H2,1H3. The Morgan fingerprint density at radius 3 is 2.24 bits per heavy atom. The van der Waals surface area contributed by atoms with Gasteiger partial charge < -0.3 is 0 Å². The predicted octanol–water partition coefficient (Wildman–Crippen LogP) is 6.23. The van der Waals surface area contributed by atoms with Gasteiger partial charge in [0.25, 0.3) is 5.91 Å². The minimum atomic E-state index is -0.132. The average molecular weight is 451 g/mol. The highest BCUT2D eigenvalue weighted by Crippen LogP contribution is 2.20. The summed E-state index contributed by atoms with van der Waals surface area (Å²) in [5.74, 6) is -0.132. The van der Waals surface area contributed by atoms with Crippen molar-refractivity contribution in [3.05, 3.63) is 63.7 Å². The monoisotopic (exact) mass is 451 g/mol. The quantitative estimate of drug-likeness (QED) is 0.244. The topological polar surface area (TPSA) is 29.5 Å². The van der Waals surface area contributed by atoms with Crippen LogP contribution in [0.3, 0.4) is 0 Å². The number of rotatable bonds is 10. The van der Waals surface area contributed by atoms with Gasteiger partial charge in [-0.2, -0.15) is 5.06 Å². The Hall–Kier alpha value is -1.40. The van der Waals surface area contributed by atoms with Gasteiger partial charge >= 0.3 is 0 Å². The zero-order valence-electron chi connectivity index (χ0n) is 14.8. The van der Waals surface area contributed by atoms with Crippen LogP contribution in [0.4, 0.5) is 5.69 Å². The highest BCUT2D eigenvalue weighted by Gasteiger charge is 2.18. The molecule has 0 fully saturated rings. The van der Waals surface area contributed by atoms with Crippen LogP contribution < -0.4 is 5.06 Å². The van der Waals surface area contributed by atoms with Gasteiger partial charge in [-0.15, -0.1) is 0 Å². The van der Waals surface area contributed by atoms with Gasteiger partial charge in [0.2, 0.25) is 0 Å². The summed E-state index contributed by atoms with van der Waals surface area (Å²) in [5, 5.41) is 1.43. The second kappa shape index (κ2) is 11.3. The SMILES string of the molecule is CCCCCCCCON(C(=O)c1ccccc1)c1ccc(I)cc1. The van der Waals surface area contributed by atoms with Crippen molar-refractivity contribution in [1.29, 1.82) is 0 Å². The first-order valence-electron chi connectivity index (χ1n) is 9.00. The van der Waals surface area contributed by atoms with Crippen LogP contribution in [0.2, 0.25) is 0 Å². The molecule has 0 atom stereocenters. The van der Waals surface area contributed by atoms with Crippen LogP contribution in [0, 0.1) is 3.57 Å². The second-order valence-electron chi connectivity index (χ2n) is 6.04. The molecular weight excluding hydrogens is 425 g/mol. The van der Waals surface area contributed by atoms with Gasteiger partial charge in [-0.1, -0.05) is 57.2 Å². The van der Waals surface area contributed by atoms with Crippen molar-refractivity contribution in [2.24, 2.45) is 0 Å². The summed E-state index contributed by atoms with van der Waals surface area (Å²) in [4.78, 5) is 18.7. The number of amides is 1. The number of anilines is 1. The minimum Gasteiger partial charge on any atom is -0.266 e. The summed E-state index contributed by atoms with van der Waals surface area (Å²) in [5.41, 5.74) is 1.39. The fourth-order valence-electron chi connectivity index (χ4n) is 2.56. The van der Waals surface area contributed by atoms with Gasteiger partial charge in [0.05, 0.1) is 12.3 Å². The molecule has 0 radical (unpaired) electrons. The second-order valence-corrected chi connectivity index (χ2v) is 7.29. The molecule has 25 heavy (non-hydrogen) atoms. The molecule has 2 aromatic carbocycles. The first-order chi connectivity index (χ1) is 12.2. The lowest BCUT2D eigenvalue weighted by molar-refractivity contribution is 0.0637. The van der Waals surface area contributed by atoms with E-state index >= 15 is 0 Å². The molecule has 0 aliphatic carbocycles. The Bertz CT molecular complexity index is 628. The highest BCUT2D eigenvalue weighted by molar-refractivity contribution is 14.1. The molecule has 0 bridgehead atoms. The van der Waals surface area contributed by atoms with Crippen LogP contribution in [0.15, 0.2) is 54.6 Å². The lowest BCUT2D eigenvalue weighted by atomic mass is 10.1. The number of benzene rings is 2. The molecule has 0 aliphatic heterocycles. The molecule has 2 rings (SSSR count). The molecule has 4 heteroatoms. The molecule has 0 saturated carbocycles. The van der Waals surface area contributed by atoms with Crippen molar-refractivity contribution in [3.63, 3.8) is 0 Å². The minimum absolute atomic E-state index is 0.132. The number of nitrogens with zero attached hydrogens (tertiary/aromatic N) is 1. The fourth-order valence-corrected chi connectivity index (χ4v) is 2.92. The Morgan fingerprint density at radius 1 is 0.920 bits per heavy atom. The lowest BCUT2D eigenvalue weighted by Crippen LogP contribution is -2.31. The number of unbranched alkanes of at least 4 members (excludes halogenated alkanes) is 5. The summed E-state index contributed by atoms with van der Waals surface area (Å²) in [7, 11) is 0. The molecule has 0 spiro atoms. The number of halogens is 1. The van der Waals surface area contributed by atoms with Crippen molar-refractivity contribution in [3.8, 4) is 0 Å². The van der Waals surface area contributed by atoms with Gasteiger partial charge in [-0.05, 0) is 65.4 Å². The van der Waals surface area contributed by atoms with Gasteiger partial charge in [-0.3, -0.25) is 9.63 Å². The summed E-state index contributed by atoms with van der Waals surface area (Å²) in [6.07, 6.45) is 7.16. The van der Waals surface area contributed by atoms with E-state index in [4.69, 9.17) is 4.84 Å². The van der Waals surface area contributed by atoms with E-state index in [0.717, 1.165) is 22.1 Å². The molecule has 0 unspecified atom stereocenters. The fraction of sp³-hybridized carbons (Fsp3) is 0.381. The molecule has 0 heterocycles. The van der Waals surface area contributed by atoms with Crippen LogP contribution in [0.5, 0.6) is 0 Å². The summed E-state index contributed by atoms with van der Waals surface area (Å²) in [6, 6.07) is 17.1. The number of hydroxylamine groups is 1. The van der Waals surface area contributed by atoms with Gasteiger partial charge in [0.15, 0.2) is 0 Å². The van der Waals surface area contributed by atoms with Crippen LogP contribution in [0.1, 0.15) is 55.8 Å². The van der Waals surface area contributed by atoms with Crippen molar-refractivity contribution in [1.82, 2.24) is 0 Å². The molecule has 0 aliphatic rings. The summed E-state index contributed by atoms with van der Waals surface area (Å²) >= 11 is 2.26. The maximum atomic E-state index is 12.8. The van der Waals surface area contributed by atoms with E-state index in [0.29, 0.717) is 12.2 Å². The molecule has 0 saturated heterocycles. The number of carbonyl (C=O) groups excluding carboxylic acids is 1. The van der Waals surface area contributed by atoms with Gasteiger partial charge in [-0.25, -0.2) is 0 Å². The summed E-state index contributed by atoms with van der Waals surface area (Å²) < 4.78 is 1.13. The Balaban J connectivity index is 1.98. The third-order valence-electron chi connectivity index (χ3n) is 3.98. The maximum Gasteiger partial charge on any atom is 0.282 e. The first-order valence-corrected chi connectivity index (χ1v) is 10.1. The van der Waals surface area contributed by atoms with Crippen molar-refractivity contribution in [2.75, 3.05) is 11.7 Å². The molecule has 3 nitrogen and oxygen atoms in total. The smallest absolute Gasteiger partial charge is 0.266 e. The highest BCUT2D eigenvalue weighted by atomic mass is 127. The Kier molecular flexibility index (Phi) is 8.97. The van der Waals surface area contributed by atoms with E-state index in [9.17, 15) is 4.79 Å². The van der Waals surface area contributed by atoms with E-state index < -0.39 is 0 Å². The van der Waals surface area contributed by atoms with Crippen molar-refractivity contribution in [2.45, 2.75) is 45.4 Å². The third kappa shape index (κ3) is 6.78. The van der Waals surface area contributed by atoms with E-state index in [1.165, 1.54) is 30.7 Å². The van der Waals surface area contributed by atoms with Crippen LogP contribution in [-0.4, -0.2) is 12.5 Å². The number of hydrogen-bond acceptors (Lipinski definition) is 2. The van der Waals surface area contributed by atoms with Crippen LogP contribution in [0.25, 0.3) is 0 Å². The molecular formula is C21H26INO2. The zero-order chi connectivity index (χ0) is 17.9. The van der Waals surface area contributed by atoms with Crippen LogP contribution >= 0.6 is 22.6 Å². The van der Waals surface area contributed by atoms with Crippen molar-refractivity contribution < 1.29 is 9.63 Å². The maximum absolute atomic E-state index is 12.8. The predicted molar refractivity (Wildman–Crippen MR) is 112 cm³/mol. The van der Waals surface area contributed by atoms with Gasteiger partial charge in [0, 0.05) is 9.13 Å². The zero-order valence-corrected chi connectivity index (χ0v) is 16.9. The molecule has 0 aromatic heterocycles. The molecule has 2 aromatic rings. The number of carbonyl (C=O) groups is 1. The molecule has 0 N–H and O–H groups in total. The van der Waals surface area contributed by atoms with E-state index in [1.54, 1.807) is 0 Å². The normalized spacial score (nSPS) is 10.6. The van der Waals surface area contributed by atoms with E-state index in [1.807, 2.05) is 54.6 Å². The summed E-state index contributed by atoms with van der Waals surface area (Å²) in [6.45, 7) is 2.77. The molecule has 1 amide bonds.